The molecule has 0 spiro atoms. The lowest BCUT2D eigenvalue weighted by Crippen LogP contribution is -2.15. The van der Waals surface area contributed by atoms with E-state index in [0.717, 1.165) is 44.9 Å². The van der Waals surface area contributed by atoms with Gasteiger partial charge in [-0.1, -0.05) is 48.2 Å². The van der Waals surface area contributed by atoms with E-state index in [1.807, 2.05) is 30.4 Å². The highest BCUT2D eigenvalue weighted by Crippen LogP contribution is 2.37. The van der Waals surface area contributed by atoms with Crippen LogP contribution in [0.5, 0.6) is 0 Å². The van der Waals surface area contributed by atoms with Crippen LogP contribution in [0.1, 0.15) is 11.1 Å². The molecule has 0 saturated carbocycles. The lowest BCUT2D eigenvalue weighted by molar-refractivity contribution is -0.137. The van der Waals surface area contributed by atoms with Gasteiger partial charge in [-0.15, -0.1) is 5.11 Å². The number of azo groups is 1. The van der Waals surface area contributed by atoms with Crippen molar-refractivity contribution < 1.29 is 13.2 Å². The summed E-state index contributed by atoms with van der Waals surface area (Å²) in [5.41, 5.74) is 0.729. The van der Waals surface area contributed by atoms with Crippen molar-refractivity contribution in [3.8, 4) is 0 Å². The fraction of sp³-hybridized carbons (Fsp3) is 0.100. The molecule has 0 amide bonds. The molecule has 1 aliphatic heterocycles. The molecular weight excluding hydrogens is 399 g/mol. The number of amidine groups is 1. The first-order valence-corrected chi connectivity index (χ1v) is 9.30. The average molecular weight is 412 g/mol. The zero-order valence-electron chi connectivity index (χ0n) is 15.1. The minimum Gasteiger partial charge on any atom is -0.235 e. The predicted molar refractivity (Wildman–Crippen MR) is 109 cm³/mol. The highest BCUT2D eigenvalue weighted by Gasteiger charge is 2.33. The van der Waals surface area contributed by atoms with Crippen LogP contribution in [0.25, 0.3) is 12.2 Å². The smallest absolute Gasteiger partial charge is 0.235 e. The quantitative estimate of drug-likeness (QED) is 0.396. The van der Waals surface area contributed by atoms with Gasteiger partial charge in [0.15, 0.2) is 0 Å². The molecule has 0 bridgehead atoms. The van der Waals surface area contributed by atoms with E-state index in [0.29, 0.717) is 0 Å². The van der Waals surface area contributed by atoms with Crippen LogP contribution in [0.4, 0.5) is 24.5 Å². The minimum absolute atomic E-state index is 0.109. The SMILES string of the molecule is CN=NC(=Nc1ccccc1C(F)(F)F)S[C]1C=Cc2c3c(ccc2=C1)=NC=N3. The van der Waals surface area contributed by atoms with E-state index in [9.17, 15) is 13.2 Å². The Balaban J connectivity index is 1.67. The predicted octanol–water partition coefficient (Wildman–Crippen LogP) is 4.84. The molecule has 1 heterocycles. The lowest BCUT2D eigenvalue weighted by atomic mass is 10.0. The maximum atomic E-state index is 13.2. The molecule has 5 nitrogen and oxygen atoms in total. The second kappa shape index (κ2) is 7.75. The molecule has 2 aliphatic rings. The molecular formula is C20H13F3N5S. The normalized spacial score (nSPS) is 15.9. The van der Waals surface area contributed by atoms with E-state index in [-0.39, 0.29) is 10.9 Å². The second-order valence-corrected chi connectivity index (χ2v) is 7.04. The third kappa shape index (κ3) is 4.04. The van der Waals surface area contributed by atoms with Gasteiger partial charge in [-0.2, -0.15) is 18.3 Å². The third-order valence-electron chi connectivity index (χ3n) is 4.15. The van der Waals surface area contributed by atoms with Gasteiger partial charge in [0.1, 0.15) is 6.34 Å². The van der Waals surface area contributed by atoms with Crippen LogP contribution in [0.3, 0.4) is 0 Å². The van der Waals surface area contributed by atoms with E-state index in [1.54, 1.807) is 0 Å². The van der Waals surface area contributed by atoms with Gasteiger partial charge in [0, 0.05) is 12.6 Å². The monoisotopic (exact) mass is 412 g/mol. The number of rotatable bonds is 2. The topological polar surface area (TPSA) is 61.8 Å². The summed E-state index contributed by atoms with van der Waals surface area (Å²) in [4.78, 5) is 12.6. The van der Waals surface area contributed by atoms with Crippen LogP contribution in [0, 0.1) is 5.25 Å². The molecule has 2 aromatic rings. The van der Waals surface area contributed by atoms with Crippen LogP contribution in [0.15, 0.2) is 67.7 Å². The Morgan fingerprint density at radius 1 is 1.07 bits per heavy atom. The van der Waals surface area contributed by atoms with Crippen LogP contribution in [0.2, 0.25) is 0 Å². The molecule has 1 aliphatic carbocycles. The number of alkyl halides is 3. The number of thioether (sulfide) groups is 1. The first-order valence-electron chi connectivity index (χ1n) is 8.48. The summed E-state index contributed by atoms with van der Waals surface area (Å²) >= 11 is 1.14. The molecule has 1 radical (unpaired) electrons. The van der Waals surface area contributed by atoms with Gasteiger partial charge in [-0.25, -0.2) is 15.0 Å². The number of fused-ring (bicyclic) bond motifs is 3. The van der Waals surface area contributed by atoms with Crippen molar-refractivity contribution in [2.24, 2.45) is 25.2 Å². The summed E-state index contributed by atoms with van der Waals surface area (Å²) in [6, 6.07) is 8.92. The van der Waals surface area contributed by atoms with Gasteiger partial charge in [-0.05, 0) is 23.4 Å². The summed E-state index contributed by atoms with van der Waals surface area (Å²) in [6.07, 6.45) is 2.66. The van der Waals surface area contributed by atoms with Crippen LogP contribution in [-0.2, 0) is 6.18 Å². The number of nitrogens with zero attached hydrogens (tertiary/aromatic N) is 5. The van der Waals surface area contributed by atoms with Crippen molar-refractivity contribution in [2.45, 2.75) is 6.18 Å². The first kappa shape index (κ1) is 19.3. The largest absolute Gasteiger partial charge is 0.418 e. The molecule has 145 valence electrons. The Hall–Kier alpha value is -3.07. The van der Waals surface area contributed by atoms with E-state index in [4.69, 9.17) is 0 Å². The summed E-state index contributed by atoms with van der Waals surface area (Å²) < 4.78 is 39.7. The molecule has 0 N–H and O–H groups in total. The van der Waals surface area contributed by atoms with Gasteiger partial charge in [-0.3, -0.25) is 0 Å². The van der Waals surface area contributed by atoms with Crippen LogP contribution >= 0.6 is 11.8 Å². The molecule has 0 fully saturated rings. The summed E-state index contributed by atoms with van der Waals surface area (Å²) in [6.45, 7) is 0. The van der Waals surface area contributed by atoms with E-state index >= 15 is 0 Å². The van der Waals surface area contributed by atoms with Gasteiger partial charge < -0.3 is 0 Å². The van der Waals surface area contributed by atoms with E-state index < -0.39 is 11.7 Å². The number of hydrogen-bond donors (Lipinski definition) is 0. The van der Waals surface area contributed by atoms with Gasteiger partial charge in [0.25, 0.3) is 0 Å². The summed E-state index contributed by atoms with van der Waals surface area (Å²) in [7, 11) is 1.44. The Kier molecular flexibility index (Phi) is 5.14. The van der Waals surface area contributed by atoms with Gasteiger partial charge in [0.2, 0.25) is 5.17 Å². The molecule has 0 saturated heterocycles. The van der Waals surface area contributed by atoms with Crippen molar-refractivity contribution in [3.05, 3.63) is 69.4 Å². The van der Waals surface area contributed by atoms with E-state index in [2.05, 4.69) is 25.2 Å². The molecule has 2 aromatic carbocycles. The molecule has 29 heavy (non-hydrogen) atoms. The standard InChI is InChI=1S/C20H13F3N5S/c1-24-28-19(27-16-5-3-2-4-15(16)20(21,22)23)29-13-7-8-14-12(10-13)6-9-17-18(14)26-11-25-17/h2-11H,1H3. The zero-order chi connectivity index (χ0) is 20.4. The molecule has 0 aromatic heterocycles. The fourth-order valence-corrected chi connectivity index (χ4v) is 3.70. The van der Waals surface area contributed by atoms with Crippen molar-refractivity contribution in [2.75, 3.05) is 7.05 Å². The zero-order valence-corrected chi connectivity index (χ0v) is 15.9. The molecule has 4 rings (SSSR count). The minimum atomic E-state index is -4.51. The van der Waals surface area contributed by atoms with Crippen molar-refractivity contribution in [1.29, 1.82) is 0 Å². The molecule has 0 atom stereocenters. The van der Waals surface area contributed by atoms with E-state index in [1.165, 1.54) is 31.6 Å². The highest BCUT2D eigenvalue weighted by atomic mass is 32.2. The number of aliphatic imine (C=N–C) groups is 2. The highest BCUT2D eigenvalue weighted by molar-refractivity contribution is 8.16. The average Bonchev–Trinajstić information content (AvgIpc) is 3.17. The second-order valence-electron chi connectivity index (χ2n) is 6.00. The number of para-hydroxylation sites is 1. The maximum Gasteiger partial charge on any atom is 0.418 e. The lowest BCUT2D eigenvalue weighted by Gasteiger charge is -2.13. The number of halogens is 3. The third-order valence-corrected chi connectivity index (χ3v) is 4.99. The summed E-state index contributed by atoms with van der Waals surface area (Å²) in [5, 5.41) is 10.2. The van der Waals surface area contributed by atoms with Gasteiger partial charge in [0.05, 0.1) is 27.5 Å². The molecule has 9 heteroatoms. The van der Waals surface area contributed by atoms with Crippen LogP contribution in [-0.4, -0.2) is 18.6 Å². The number of hydrogen-bond acceptors (Lipinski definition) is 5. The first-order chi connectivity index (χ1) is 14.0. The summed E-state index contributed by atoms with van der Waals surface area (Å²) in [5.74, 6) is 0. The van der Waals surface area contributed by atoms with Crippen molar-refractivity contribution in [1.82, 2.24) is 0 Å². The number of benzene rings is 2. The fourth-order valence-electron chi connectivity index (χ4n) is 2.90. The Morgan fingerprint density at radius 3 is 2.69 bits per heavy atom. The van der Waals surface area contributed by atoms with Crippen molar-refractivity contribution in [3.63, 3.8) is 0 Å². The van der Waals surface area contributed by atoms with Crippen molar-refractivity contribution >= 4 is 46.8 Å². The Labute approximate surface area is 168 Å². The van der Waals surface area contributed by atoms with Gasteiger partial charge >= 0.3 is 6.18 Å². The maximum absolute atomic E-state index is 13.2. The Morgan fingerprint density at radius 2 is 1.90 bits per heavy atom. The Bertz CT molecular complexity index is 1200. The van der Waals surface area contributed by atoms with Crippen LogP contribution < -0.4 is 10.6 Å². The molecule has 0 unspecified atom stereocenters.